The number of benzene rings is 2. The van der Waals surface area contributed by atoms with Gasteiger partial charge in [0.25, 0.3) is 0 Å². The summed E-state index contributed by atoms with van der Waals surface area (Å²) >= 11 is 1.70. The first-order valence-corrected chi connectivity index (χ1v) is 10.1. The van der Waals surface area contributed by atoms with Crippen molar-refractivity contribution < 1.29 is 19.5 Å². The van der Waals surface area contributed by atoms with E-state index in [1.54, 1.807) is 17.2 Å². The minimum absolute atomic E-state index is 0.256. The van der Waals surface area contributed by atoms with Gasteiger partial charge in [-0.2, -0.15) is 0 Å². The molecule has 1 aromatic heterocycles. The SMILES string of the molecule is CSc1ccc2oc(-c3ccc(C(O)CCCCC(=O)NO)cc3)cc2c1. The Labute approximate surface area is 162 Å². The van der Waals surface area contributed by atoms with Crippen LogP contribution in [0, 0.1) is 0 Å². The Kier molecular flexibility index (Phi) is 6.55. The fraction of sp³-hybridized carbons (Fsp3) is 0.286. The quantitative estimate of drug-likeness (QED) is 0.222. The van der Waals surface area contributed by atoms with Gasteiger partial charge in [-0.05, 0) is 48.9 Å². The predicted molar refractivity (Wildman–Crippen MR) is 107 cm³/mol. The Morgan fingerprint density at radius 2 is 1.93 bits per heavy atom. The number of carbonyl (C=O) groups excluding carboxylic acids is 1. The van der Waals surface area contributed by atoms with Crippen molar-refractivity contribution >= 4 is 28.6 Å². The number of furan rings is 1. The van der Waals surface area contributed by atoms with Gasteiger partial charge in [0.1, 0.15) is 11.3 Å². The second-order valence-electron chi connectivity index (χ2n) is 6.43. The van der Waals surface area contributed by atoms with Crippen LogP contribution in [-0.2, 0) is 4.79 Å². The number of fused-ring (bicyclic) bond motifs is 1. The lowest BCUT2D eigenvalue weighted by Crippen LogP contribution is -2.17. The summed E-state index contributed by atoms with van der Waals surface area (Å²) in [4.78, 5) is 12.2. The monoisotopic (exact) mass is 385 g/mol. The van der Waals surface area contributed by atoms with Crippen LogP contribution < -0.4 is 5.48 Å². The molecular formula is C21H23NO4S. The van der Waals surface area contributed by atoms with Crippen LogP contribution >= 0.6 is 11.8 Å². The van der Waals surface area contributed by atoms with E-state index < -0.39 is 12.0 Å². The summed E-state index contributed by atoms with van der Waals surface area (Å²) < 4.78 is 5.94. The minimum atomic E-state index is -0.573. The Morgan fingerprint density at radius 1 is 1.15 bits per heavy atom. The van der Waals surface area contributed by atoms with Crippen molar-refractivity contribution in [2.45, 2.75) is 36.7 Å². The van der Waals surface area contributed by atoms with Gasteiger partial charge in [-0.1, -0.05) is 30.7 Å². The first-order chi connectivity index (χ1) is 13.1. The van der Waals surface area contributed by atoms with E-state index in [1.807, 2.05) is 48.7 Å². The third kappa shape index (κ3) is 4.91. The lowest BCUT2D eigenvalue weighted by molar-refractivity contribution is -0.129. The number of nitrogens with one attached hydrogen (secondary N) is 1. The molecule has 0 saturated carbocycles. The highest BCUT2D eigenvalue weighted by Gasteiger charge is 2.11. The molecule has 142 valence electrons. The average Bonchev–Trinajstić information content (AvgIpc) is 3.14. The zero-order valence-corrected chi connectivity index (χ0v) is 16.0. The van der Waals surface area contributed by atoms with Gasteiger partial charge in [0.2, 0.25) is 5.91 Å². The van der Waals surface area contributed by atoms with Crippen LogP contribution in [0.15, 0.2) is 57.8 Å². The fourth-order valence-electron chi connectivity index (χ4n) is 3.01. The summed E-state index contributed by atoms with van der Waals surface area (Å²) in [6, 6.07) is 15.9. The average molecular weight is 385 g/mol. The van der Waals surface area contributed by atoms with E-state index in [2.05, 4.69) is 6.07 Å². The topological polar surface area (TPSA) is 82.7 Å². The molecule has 0 aliphatic carbocycles. The molecule has 0 radical (unpaired) electrons. The van der Waals surface area contributed by atoms with Gasteiger partial charge in [0.05, 0.1) is 6.10 Å². The first kappa shape index (κ1) is 19.5. The van der Waals surface area contributed by atoms with E-state index in [9.17, 15) is 9.90 Å². The minimum Gasteiger partial charge on any atom is -0.456 e. The number of thioether (sulfide) groups is 1. The van der Waals surface area contributed by atoms with Gasteiger partial charge < -0.3 is 9.52 Å². The Hall–Kier alpha value is -2.28. The van der Waals surface area contributed by atoms with Gasteiger partial charge in [-0.3, -0.25) is 10.0 Å². The predicted octanol–water partition coefficient (Wildman–Crippen LogP) is 4.92. The van der Waals surface area contributed by atoms with Crippen molar-refractivity contribution in [2.24, 2.45) is 0 Å². The Morgan fingerprint density at radius 3 is 2.63 bits per heavy atom. The number of amides is 1. The van der Waals surface area contributed by atoms with Crippen molar-refractivity contribution in [3.05, 3.63) is 54.1 Å². The summed E-state index contributed by atoms with van der Waals surface area (Å²) in [7, 11) is 0. The highest BCUT2D eigenvalue weighted by Crippen LogP contribution is 2.31. The number of aliphatic hydroxyl groups excluding tert-OH is 1. The molecule has 0 aliphatic heterocycles. The van der Waals surface area contributed by atoms with Crippen LogP contribution in [0.5, 0.6) is 0 Å². The molecule has 27 heavy (non-hydrogen) atoms. The normalized spacial score (nSPS) is 12.3. The lowest BCUT2D eigenvalue weighted by Gasteiger charge is -2.11. The van der Waals surface area contributed by atoms with Crippen molar-refractivity contribution in [1.82, 2.24) is 5.48 Å². The van der Waals surface area contributed by atoms with E-state index in [0.29, 0.717) is 19.3 Å². The van der Waals surface area contributed by atoms with Crippen molar-refractivity contribution in [1.29, 1.82) is 0 Å². The summed E-state index contributed by atoms with van der Waals surface area (Å²) in [5.41, 5.74) is 4.28. The molecule has 1 unspecified atom stereocenters. The van der Waals surface area contributed by atoms with Gasteiger partial charge in [-0.25, -0.2) is 5.48 Å². The zero-order chi connectivity index (χ0) is 19.2. The van der Waals surface area contributed by atoms with Crippen molar-refractivity contribution in [3.8, 4) is 11.3 Å². The molecule has 0 aliphatic rings. The molecule has 5 nitrogen and oxygen atoms in total. The van der Waals surface area contributed by atoms with Crippen LogP contribution in [0.3, 0.4) is 0 Å². The van der Waals surface area contributed by atoms with E-state index in [4.69, 9.17) is 9.62 Å². The molecule has 3 aromatic rings. The van der Waals surface area contributed by atoms with E-state index in [1.165, 1.54) is 4.90 Å². The van der Waals surface area contributed by atoms with Crippen molar-refractivity contribution in [3.63, 3.8) is 0 Å². The molecule has 3 rings (SSSR count). The number of unbranched alkanes of at least 4 members (excludes halogenated alkanes) is 1. The standard InChI is InChI=1S/C21H23NO4S/c1-27-17-10-11-19-16(12-17)13-20(26-19)15-8-6-14(7-9-15)18(23)4-2-3-5-21(24)22-25/h6-13,18,23,25H,2-5H2,1H3,(H,22,24). The molecule has 0 spiro atoms. The lowest BCUT2D eigenvalue weighted by atomic mass is 10.0. The molecule has 3 N–H and O–H groups in total. The van der Waals surface area contributed by atoms with E-state index in [-0.39, 0.29) is 6.42 Å². The number of rotatable bonds is 8. The van der Waals surface area contributed by atoms with Crippen LogP contribution in [-0.4, -0.2) is 22.5 Å². The first-order valence-electron chi connectivity index (χ1n) is 8.89. The summed E-state index contributed by atoms with van der Waals surface area (Å²) in [5.74, 6) is 0.406. The maximum Gasteiger partial charge on any atom is 0.243 e. The Bertz CT molecular complexity index is 904. The second kappa shape index (κ2) is 9.08. The number of aliphatic hydroxyl groups is 1. The van der Waals surface area contributed by atoms with Crippen LogP contribution in [0.1, 0.15) is 37.4 Å². The van der Waals surface area contributed by atoms with Crippen LogP contribution in [0.25, 0.3) is 22.3 Å². The molecule has 1 amide bonds. The fourth-order valence-corrected chi connectivity index (χ4v) is 3.45. The highest BCUT2D eigenvalue weighted by molar-refractivity contribution is 7.98. The third-order valence-corrected chi connectivity index (χ3v) is 5.28. The molecular weight excluding hydrogens is 362 g/mol. The van der Waals surface area contributed by atoms with Gasteiger partial charge in [0, 0.05) is 22.3 Å². The summed E-state index contributed by atoms with van der Waals surface area (Å²) in [5, 5.41) is 19.8. The third-order valence-electron chi connectivity index (χ3n) is 4.56. The zero-order valence-electron chi connectivity index (χ0n) is 15.1. The highest BCUT2D eigenvalue weighted by atomic mass is 32.2. The molecule has 6 heteroatoms. The maximum absolute atomic E-state index is 11.0. The van der Waals surface area contributed by atoms with Gasteiger partial charge >= 0.3 is 0 Å². The summed E-state index contributed by atoms with van der Waals surface area (Å²) in [6.07, 6.45) is 3.63. The number of hydrogen-bond donors (Lipinski definition) is 3. The number of hydroxylamine groups is 1. The van der Waals surface area contributed by atoms with Crippen LogP contribution in [0.2, 0.25) is 0 Å². The van der Waals surface area contributed by atoms with Crippen LogP contribution in [0.4, 0.5) is 0 Å². The van der Waals surface area contributed by atoms with E-state index in [0.717, 1.165) is 27.9 Å². The molecule has 0 bridgehead atoms. The van der Waals surface area contributed by atoms with Gasteiger partial charge in [0.15, 0.2) is 0 Å². The number of hydrogen-bond acceptors (Lipinski definition) is 5. The second-order valence-corrected chi connectivity index (χ2v) is 7.31. The molecule has 1 heterocycles. The maximum atomic E-state index is 11.0. The molecule has 1 atom stereocenters. The number of carbonyl (C=O) groups is 1. The smallest absolute Gasteiger partial charge is 0.243 e. The molecule has 2 aromatic carbocycles. The molecule has 0 saturated heterocycles. The van der Waals surface area contributed by atoms with Gasteiger partial charge in [-0.15, -0.1) is 11.8 Å². The van der Waals surface area contributed by atoms with Crippen molar-refractivity contribution in [2.75, 3.05) is 6.26 Å². The Balaban J connectivity index is 1.63. The molecule has 0 fully saturated rings. The largest absolute Gasteiger partial charge is 0.456 e. The summed E-state index contributed by atoms with van der Waals surface area (Å²) in [6.45, 7) is 0. The van der Waals surface area contributed by atoms with E-state index >= 15 is 0 Å².